The van der Waals surface area contributed by atoms with Gasteiger partial charge in [0.15, 0.2) is 0 Å². The van der Waals surface area contributed by atoms with Crippen molar-refractivity contribution >= 4 is 5.91 Å². The van der Waals surface area contributed by atoms with Gasteiger partial charge < -0.3 is 14.5 Å². The molecule has 23 heavy (non-hydrogen) atoms. The first-order valence-electron chi connectivity index (χ1n) is 8.71. The van der Waals surface area contributed by atoms with Crippen molar-refractivity contribution in [3.63, 3.8) is 0 Å². The van der Waals surface area contributed by atoms with E-state index in [4.69, 9.17) is 4.74 Å². The zero-order valence-corrected chi connectivity index (χ0v) is 14.8. The van der Waals surface area contributed by atoms with Gasteiger partial charge in [-0.05, 0) is 49.4 Å². The minimum Gasteiger partial charge on any atom is -0.497 e. The molecule has 0 N–H and O–H groups in total. The molecule has 0 aliphatic carbocycles. The van der Waals surface area contributed by atoms with Crippen molar-refractivity contribution in [1.29, 1.82) is 0 Å². The summed E-state index contributed by atoms with van der Waals surface area (Å²) in [7, 11) is 3.63. The number of carbonyl (C=O) groups is 1. The maximum atomic E-state index is 11.7. The van der Waals surface area contributed by atoms with E-state index >= 15 is 0 Å². The second kappa shape index (κ2) is 8.92. The highest BCUT2D eigenvalue weighted by molar-refractivity contribution is 5.75. The molecule has 0 bridgehead atoms. The second-order valence-corrected chi connectivity index (χ2v) is 6.53. The minimum absolute atomic E-state index is 0.250. The quantitative estimate of drug-likeness (QED) is 0.775. The van der Waals surface area contributed by atoms with Crippen LogP contribution in [0, 0.1) is 5.92 Å². The number of methoxy groups -OCH3 is 1. The number of piperidine rings is 1. The van der Waals surface area contributed by atoms with Crippen molar-refractivity contribution in [2.75, 3.05) is 40.3 Å². The van der Waals surface area contributed by atoms with Gasteiger partial charge in [0.2, 0.25) is 5.91 Å². The highest BCUT2D eigenvalue weighted by Crippen LogP contribution is 2.18. The number of nitrogens with zero attached hydrogens (tertiary/aromatic N) is 2. The molecule has 1 fully saturated rings. The Morgan fingerprint density at radius 1 is 1.35 bits per heavy atom. The number of rotatable bonds is 7. The van der Waals surface area contributed by atoms with E-state index in [2.05, 4.69) is 17.0 Å². The van der Waals surface area contributed by atoms with Gasteiger partial charge in [-0.15, -0.1) is 0 Å². The van der Waals surface area contributed by atoms with Crippen molar-refractivity contribution in [2.24, 2.45) is 5.92 Å². The van der Waals surface area contributed by atoms with Crippen LogP contribution in [0.3, 0.4) is 0 Å². The van der Waals surface area contributed by atoms with E-state index in [9.17, 15) is 4.79 Å². The van der Waals surface area contributed by atoms with E-state index in [-0.39, 0.29) is 5.91 Å². The Balaban J connectivity index is 1.78. The van der Waals surface area contributed by atoms with Gasteiger partial charge in [0.25, 0.3) is 0 Å². The molecule has 2 rings (SSSR count). The molecular formula is C19H30N2O2. The average Bonchev–Trinajstić information content (AvgIpc) is 2.60. The molecule has 128 valence electrons. The van der Waals surface area contributed by atoms with Crippen LogP contribution in [-0.2, 0) is 11.2 Å². The van der Waals surface area contributed by atoms with Gasteiger partial charge in [0.1, 0.15) is 5.75 Å². The van der Waals surface area contributed by atoms with Crippen LogP contribution >= 0.6 is 0 Å². The summed E-state index contributed by atoms with van der Waals surface area (Å²) in [6, 6.07) is 8.35. The lowest BCUT2D eigenvalue weighted by Crippen LogP contribution is -2.42. The van der Waals surface area contributed by atoms with Crippen molar-refractivity contribution in [1.82, 2.24) is 9.80 Å². The standard InChI is InChI=1S/C19H30N2O2/c1-4-19(22)20(2)14-17-6-5-12-21(15-17)13-11-16-7-9-18(23-3)10-8-16/h7-10,17H,4-6,11-15H2,1-3H3. The van der Waals surface area contributed by atoms with E-state index in [0.717, 1.165) is 31.8 Å². The molecule has 0 aromatic heterocycles. The molecular weight excluding hydrogens is 288 g/mol. The Bertz CT molecular complexity index is 487. The van der Waals surface area contributed by atoms with Crippen LogP contribution in [0.1, 0.15) is 31.7 Å². The fourth-order valence-corrected chi connectivity index (χ4v) is 3.34. The highest BCUT2D eigenvalue weighted by atomic mass is 16.5. The summed E-state index contributed by atoms with van der Waals surface area (Å²) in [5.41, 5.74) is 1.35. The molecule has 1 saturated heterocycles. The van der Waals surface area contributed by atoms with Crippen molar-refractivity contribution in [3.8, 4) is 5.75 Å². The van der Waals surface area contributed by atoms with Crippen molar-refractivity contribution in [3.05, 3.63) is 29.8 Å². The Kier molecular flexibility index (Phi) is 6.90. The zero-order chi connectivity index (χ0) is 16.7. The smallest absolute Gasteiger partial charge is 0.222 e. The van der Waals surface area contributed by atoms with E-state index in [1.807, 2.05) is 31.0 Å². The summed E-state index contributed by atoms with van der Waals surface area (Å²) >= 11 is 0. The Morgan fingerprint density at radius 3 is 2.74 bits per heavy atom. The number of hydrogen-bond donors (Lipinski definition) is 0. The van der Waals surface area contributed by atoms with Gasteiger partial charge >= 0.3 is 0 Å². The van der Waals surface area contributed by atoms with E-state index in [0.29, 0.717) is 12.3 Å². The van der Waals surface area contributed by atoms with Gasteiger partial charge in [-0.25, -0.2) is 0 Å². The van der Waals surface area contributed by atoms with Crippen LogP contribution in [-0.4, -0.2) is 56.0 Å². The lowest BCUT2D eigenvalue weighted by molar-refractivity contribution is -0.130. The van der Waals surface area contributed by atoms with E-state index < -0.39 is 0 Å². The molecule has 1 unspecified atom stereocenters. The summed E-state index contributed by atoms with van der Waals surface area (Å²) in [4.78, 5) is 16.2. The minimum atomic E-state index is 0.250. The zero-order valence-electron chi connectivity index (χ0n) is 14.8. The Morgan fingerprint density at radius 2 is 2.09 bits per heavy atom. The van der Waals surface area contributed by atoms with Crippen LogP contribution in [0.5, 0.6) is 5.75 Å². The normalized spacial score (nSPS) is 18.7. The van der Waals surface area contributed by atoms with Crippen LogP contribution in [0.2, 0.25) is 0 Å². The first-order chi connectivity index (χ1) is 11.1. The van der Waals surface area contributed by atoms with Gasteiger partial charge in [-0.3, -0.25) is 4.79 Å². The van der Waals surface area contributed by atoms with Crippen LogP contribution < -0.4 is 4.74 Å². The number of amides is 1. The molecule has 1 heterocycles. The third-order valence-electron chi connectivity index (χ3n) is 4.74. The van der Waals surface area contributed by atoms with Gasteiger partial charge in [0, 0.05) is 33.1 Å². The summed E-state index contributed by atoms with van der Waals surface area (Å²) < 4.78 is 5.20. The first-order valence-corrected chi connectivity index (χ1v) is 8.71. The van der Waals surface area contributed by atoms with Gasteiger partial charge in [-0.2, -0.15) is 0 Å². The van der Waals surface area contributed by atoms with Crippen LogP contribution in [0.25, 0.3) is 0 Å². The van der Waals surface area contributed by atoms with E-state index in [1.54, 1.807) is 7.11 Å². The molecule has 1 aliphatic heterocycles. The largest absolute Gasteiger partial charge is 0.497 e. The molecule has 1 aromatic rings. The number of benzene rings is 1. The van der Waals surface area contributed by atoms with Crippen LogP contribution in [0.4, 0.5) is 0 Å². The molecule has 1 amide bonds. The lowest BCUT2D eigenvalue weighted by Gasteiger charge is -2.34. The predicted octanol–water partition coefficient (Wildman–Crippen LogP) is 2.82. The molecule has 4 heteroatoms. The van der Waals surface area contributed by atoms with Crippen LogP contribution in [0.15, 0.2) is 24.3 Å². The number of carbonyl (C=O) groups excluding carboxylic acids is 1. The Hall–Kier alpha value is -1.55. The SMILES string of the molecule is CCC(=O)N(C)CC1CCCN(CCc2ccc(OC)cc2)C1. The highest BCUT2D eigenvalue weighted by Gasteiger charge is 2.22. The monoisotopic (exact) mass is 318 g/mol. The summed E-state index contributed by atoms with van der Waals surface area (Å²) in [6.45, 7) is 6.20. The van der Waals surface area contributed by atoms with Crippen molar-refractivity contribution < 1.29 is 9.53 Å². The molecule has 1 aromatic carbocycles. The van der Waals surface area contributed by atoms with E-state index in [1.165, 1.54) is 24.9 Å². The predicted molar refractivity (Wildman–Crippen MR) is 93.8 cm³/mol. The molecule has 0 spiro atoms. The fraction of sp³-hybridized carbons (Fsp3) is 0.632. The van der Waals surface area contributed by atoms with Crippen molar-refractivity contribution in [2.45, 2.75) is 32.6 Å². The molecule has 1 atom stereocenters. The third-order valence-corrected chi connectivity index (χ3v) is 4.74. The average molecular weight is 318 g/mol. The molecule has 1 aliphatic rings. The maximum Gasteiger partial charge on any atom is 0.222 e. The number of hydrogen-bond acceptors (Lipinski definition) is 3. The topological polar surface area (TPSA) is 32.8 Å². The lowest BCUT2D eigenvalue weighted by atomic mass is 9.97. The van der Waals surface area contributed by atoms with Gasteiger partial charge in [-0.1, -0.05) is 19.1 Å². The first kappa shape index (κ1) is 17.8. The third kappa shape index (κ3) is 5.54. The number of ether oxygens (including phenoxy) is 1. The Labute approximate surface area is 140 Å². The molecule has 0 saturated carbocycles. The summed E-state index contributed by atoms with van der Waals surface area (Å²) in [5.74, 6) is 1.77. The second-order valence-electron chi connectivity index (χ2n) is 6.53. The molecule has 4 nitrogen and oxygen atoms in total. The fourth-order valence-electron chi connectivity index (χ4n) is 3.34. The summed E-state index contributed by atoms with van der Waals surface area (Å²) in [5, 5.41) is 0. The maximum absolute atomic E-state index is 11.7. The molecule has 0 radical (unpaired) electrons. The summed E-state index contributed by atoms with van der Waals surface area (Å²) in [6.07, 6.45) is 4.15. The number of likely N-dealkylation sites (tertiary alicyclic amines) is 1. The van der Waals surface area contributed by atoms with Gasteiger partial charge in [0.05, 0.1) is 7.11 Å².